The Kier molecular flexibility index (Phi) is 11.2. The molecule has 0 amide bonds. The quantitative estimate of drug-likeness (QED) is 0.242. The van der Waals surface area contributed by atoms with Gasteiger partial charge in [-0.05, 0) is 38.8 Å². The van der Waals surface area contributed by atoms with Crippen LogP contribution in [-0.4, -0.2) is 46.0 Å². The Morgan fingerprint density at radius 2 is 0.844 bits per heavy atom. The fourth-order valence-electron chi connectivity index (χ4n) is 3.04. The highest BCUT2D eigenvalue weighted by atomic mass is 31.2. The van der Waals surface area contributed by atoms with Crippen molar-refractivity contribution in [1.29, 1.82) is 0 Å². The molecule has 0 bridgehead atoms. The topological polar surface area (TPSA) is 186 Å². The van der Waals surface area contributed by atoms with Gasteiger partial charge in [0.1, 0.15) is 0 Å². The SMILES string of the molecule is CCOP(=O)(OCC)C(c1ccc(C(P(=O)(O)O)P(=O)(O)O)cc1)P(=O)(OCC)OCC. The second-order valence-corrected chi connectivity index (χ2v) is 14.8. The van der Waals surface area contributed by atoms with Gasteiger partial charge < -0.3 is 37.7 Å². The van der Waals surface area contributed by atoms with E-state index in [9.17, 15) is 37.8 Å². The molecule has 1 aromatic carbocycles. The van der Waals surface area contributed by atoms with Crippen molar-refractivity contribution in [3.05, 3.63) is 35.4 Å². The summed E-state index contributed by atoms with van der Waals surface area (Å²) in [5, 5.41) is -3.94. The van der Waals surface area contributed by atoms with E-state index in [4.69, 9.17) is 18.1 Å². The number of hydrogen-bond acceptors (Lipinski definition) is 8. The highest BCUT2D eigenvalue weighted by Crippen LogP contribution is 2.78. The zero-order chi connectivity index (χ0) is 24.8. The Labute approximate surface area is 187 Å². The van der Waals surface area contributed by atoms with Crippen molar-refractivity contribution in [2.45, 2.75) is 38.5 Å². The van der Waals surface area contributed by atoms with E-state index < -0.39 is 41.2 Å². The molecule has 0 atom stereocenters. The average molecular weight is 538 g/mol. The minimum Gasteiger partial charge on any atom is -0.324 e. The molecule has 16 heteroatoms. The van der Waals surface area contributed by atoms with Crippen molar-refractivity contribution < 1.29 is 55.9 Å². The zero-order valence-electron chi connectivity index (χ0n) is 18.1. The third kappa shape index (κ3) is 7.41. The van der Waals surface area contributed by atoms with Crippen molar-refractivity contribution in [2.24, 2.45) is 0 Å². The summed E-state index contributed by atoms with van der Waals surface area (Å²) >= 11 is 0. The van der Waals surface area contributed by atoms with Gasteiger partial charge in [0.15, 0.2) is 10.8 Å². The molecule has 0 heterocycles. The average Bonchev–Trinajstić information content (AvgIpc) is 2.61. The Hall–Kier alpha value is -0.180. The van der Waals surface area contributed by atoms with Gasteiger partial charge in [-0.15, -0.1) is 0 Å². The van der Waals surface area contributed by atoms with Gasteiger partial charge in [0.2, 0.25) is 0 Å². The van der Waals surface area contributed by atoms with Crippen LogP contribution in [0.4, 0.5) is 0 Å². The van der Waals surface area contributed by atoms with E-state index in [1.165, 1.54) is 12.1 Å². The van der Waals surface area contributed by atoms with Crippen LogP contribution in [0.25, 0.3) is 0 Å². The van der Waals surface area contributed by atoms with E-state index in [0.717, 1.165) is 12.1 Å². The van der Waals surface area contributed by atoms with E-state index in [2.05, 4.69) is 0 Å². The van der Waals surface area contributed by atoms with Crippen LogP contribution in [0, 0.1) is 0 Å². The number of hydrogen-bond donors (Lipinski definition) is 4. The summed E-state index contributed by atoms with van der Waals surface area (Å²) in [4.78, 5) is 37.7. The minimum absolute atomic E-state index is 0.0530. The van der Waals surface area contributed by atoms with Crippen LogP contribution in [-0.2, 0) is 36.4 Å². The van der Waals surface area contributed by atoms with Gasteiger partial charge in [-0.1, -0.05) is 24.3 Å². The predicted molar refractivity (Wildman–Crippen MR) is 118 cm³/mol. The van der Waals surface area contributed by atoms with Gasteiger partial charge in [-0.3, -0.25) is 18.3 Å². The summed E-state index contributed by atoms with van der Waals surface area (Å²) in [6.07, 6.45) is 0. The summed E-state index contributed by atoms with van der Waals surface area (Å²) in [5.41, 5.74) is -0.307. The molecule has 0 radical (unpaired) electrons. The van der Waals surface area contributed by atoms with Crippen molar-refractivity contribution in [3.8, 4) is 0 Å². The molecule has 0 aliphatic carbocycles. The Bertz CT molecular complexity index is 849. The van der Waals surface area contributed by atoms with E-state index in [1.807, 2.05) is 0 Å². The van der Waals surface area contributed by atoms with Crippen LogP contribution >= 0.6 is 30.4 Å². The van der Waals surface area contributed by atoms with E-state index in [-0.39, 0.29) is 37.6 Å². The first kappa shape index (κ1) is 29.9. The molecule has 0 saturated carbocycles. The molecule has 4 N–H and O–H groups in total. The van der Waals surface area contributed by atoms with E-state index in [1.54, 1.807) is 27.7 Å². The van der Waals surface area contributed by atoms with Crippen LogP contribution in [0.5, 0.6) is 0 Å². The van der Waals surface area contributed by atoms with Crippen LogP contribution < -0.4 is 0 Å². The summed E-state index contributed by atoms with van der Waals surface area (Å²) in [6, 6.07) is 4.42. The molecule has 0 saturated heterocycles. The first-order valence-electron chi connectivity index (χ1n) is 9.68. The van der Waals surface area contributed by atoms with Gasteiger partial charge in [0.25, 0.3) is 0 Å². The van der Waals surface area contributed by atoms with Crippen LogP contribution in [0.15, 0.2) is 24.3 Å². The van der Waals surface area contributed by atoms with Gasteiger partial charge in [-0.25, -0.2) is 0 Å². The third-order valence-electron chi connectivity index (χ3n) is 4.01. The Balaban J connectivity index is 3.71. The summed E-state index contributed by atoms with van der Waals surface area (Å²) < 4.78 is 72.1. The lowest BCUT2D eigenvalue weighted by Gasteiger charge is -2.31. The molecule has 0 aromatic heterocycles. The molecule has 32 heavy (non-hydrogen) atoms. The molecule has 12 nitrogen and oxygen atoms in total. The van der Waals surface area contributed by atoms with Gasteiger partial charge in [-0.2, -0.15) is 0 Å². The molecule has 0 fully saturated rings. The first-order chi connectivity index (χ1) is 14.7. The fourth-order valence-corrected chi connectivity index (χ4v) is 11.1. The van der Waals surface area contributed by atoms with Gasteiger partial charge in [0.05, 0.1) is 26.4 Å². The Morgan fingerprint density at radius 3 is 1.06 bits per heavy atom. The summed E-state index contributed by atoms with van der Waals surface area (Å²) in [7, 11) is -18.8. The van der Waals surface area contributed by atoms with Crippen molar-refractivity contribution in [3.63, 3.8) is 0 Å². The van der Waals surface area contributed by atoms with Crippen LogP contribution in [0.2, 0.25) is 0 Å². The predicted octanol–water partition coefficient (Wildman–Crippen LogP) is 4.57. The van der Waals surface area contributed by atoms with E-state index >= 15 is 0 Å². The third-order valence-corrected chi connectivity index (χ3v) is 13.6. The lowest BCUT2D eigenvalue weighted by molar-refractivity contribution is 0.195. The normalized spacial score (nSPS) is 13.8. The second kappa shape index (κ2) is 12.0. The maximum Gasteiger partial charge on any atom is 0.350 e. The Morgan fingerprint density at radius 1 is 0.594 bits per heavy atom. The largest absolute Gasteiger partial charge is 0.350 e. The molecule has 0 spiro atoms. The summed E-state index contributed by atoms with van der Waals surface area (Å²) in [5.74, 6) is 0. The standard InChI is InChI=1S/C16H30O12P4/c1-5-25-31(23,26-6-2)16(32(24,27-7-3)28-8-4)14-11-9-13(10-12-14)15(29(17,18)19)30(20,21)22/h9-12,15-16H,5-8H2,1-4H3,(H2,17,18,19)(H2,20,21,22). The molecule has 186 valence electrons. The highest BCUT2D eigenvalue weighted by Gasteiger charge is 2.52. The number of benzene rings is 1. The molecule has 0 aliphatic heterocycles. The molecule has 0 unspecified atom stereocenters. The molecule has 1 aromatic rings. The molecular weight excluding hydrogens is 508 g/mol. The zero-order valence-corrected chi connectivity index (χ0v) is 21.7. The second-order valence-electron chi connectivity index (χ2n) is 6.34. The minimum atomic E-state index is -5.24. The van der Waals surface area contributed by atoms with Crippen LogP contribution in [0.1, 0.15) is 49.6 Å². The molecular formula is C16H30O12P4. The van der Waals surface area contributed by atoms with Crippen molar-refractivity contribution >= 4 is 30.4 Å². The fraction of sp³-hybridized carbons (Fsp3) is 0.625. The molecule has 0 aliphatic rings. The smallest absolute Gasteiger partial charge is 0.324 e. The lowest BCUT2D eigenvalue weighted by Crippen LogP contribution is -2.12. The van der Waals surface area contributed by atoms with Gasteiger partial charge >= 0.3 is 30.4 Å². The maximum absolute atomic E-state index is 13.6. The van der Waals surface area contributed by atoms with Crippen LogP contribution in [0.3, 0.4) is 0 Å². The first-order valence-corrected chi connectivity index (χ1v) is 16.3. The van der Waals surface area contributed by atoms with Gasteiger partial charge in [0, 0.05) is 0 Å². The van der Waals surface area contributed by atoms with E-state index in [0.29, 0.717) is 0 Å². The van der Waals surface area contributed by atoms with Crippen molar-refractivity contribution in [1.82, 2.24) is 0 Å². The number of rotatable bonds is 14. The lowest BCUT2D eigenvalue weighted by atomic mass is 10.2. The summed E-state index contributed by atoms with van der Waals surface area (Å²) in [6.45, 7) is 6.02. The van der Waals surface area contributed by atoms with Crippen molar-refractivity contribution in [2.75, 3.05) is 26.4 Å². The molecule has 1 rings (SSSR count). The highest BCUT2D eigenvalue weighted by molar-refractivity contribution is 7.72. The monoisotopic (exact) mass is 538 g/mol. The maximum atomic E-state index is 13.6.